The summed E-state index contributed by atoms with van der Waals surface area (Å²) in [7, 11) is 0. The highest BCUT2D eigenvalue weighted by atomic mass is 14.7. The summed E-state index contributed by atoms with van der Waals surface area (Å²) in [5, 5.41) is 0. The first kappa shape index (κ1) is 12.2. The molecule has 0 saturated carbocycles. The maximum atomic E-state index is 6.07. The van der Waals surface area contributed by atoms with Crippen molar-refractivity contribution in [2.45, 2.75) is 51.5 Å². The van der Waals surface area contributed by atoms with Crippen molar-refractivity contribution in [2.75, 3.05) is 0 Å². The van der Waals surface area contributed by atoms with Gasteiger partial charge in [-0.15, -0.1) is 0 Å². The van der Waals surface area contributed by atoms with Crippen molar-refractivity contribution < 1.29 is 0 Å². The maximum Gasteiger partial charge on any atom is 0.0315 e. The van der Waals surface area contributed by atoms with E-state index in [1.54, 1.807) is 6.20 Å². The number of aromatic nitrogens is 1. The third kappa shape index (κ3) is 4.93. The Morgan fingerprint density at radius 3 is 2.73 bits per heavy atom. The normalized spacial score (nSPS) is 12.7. The van der Waals surface area contributed by atoms with Crippen molar-refractivity contribution in [1.82, 2.24) is 4.98 Å². The first-order valence-corrected chi connectivity index (χ1v) is 6.00. The lowest BCUT2D eigenvalue weighted by atomic mass is 10.0. The summed E-state index contributed by atoms with van der Waals surface area (Å²) in [6, 6.07) is 4.18. The Morgan fingerprint density at radius 2 is 2.07 bits per heavy atom. The molecule has 0 bridgehead atoms. The summed E-state index contributed by atoms with van der Waals surface area (Å²) in [6.45, 7) is 2.24. The van der Waals surface area contributed by atoms with Crippen LogP contribution >= 0.6 is 0 Å². The zero-order valence-electron chi connectivity index (χ0n) is 9.65. The van der Waals surface area contributed by atoms with E-state index in [4.69, 9.17) is 5.73 Å². The van der Waals surface area contributed by atoms with Crippen LogP contribution in [0.1, 0.15) is 57.1 Å². The topological polar surface area (TPSA) is 38.9 Å². The lowest BCUT2D eigenvalue weighted by Crippen LogP contribution is -2.10. The molecule has 2 N–H and O–H groups in total. The van der Waals surface area contributed by atoms with E-state index in [1.807, 2.05) is 12.3 Å². The van der Waals surface area contributed by atoms with E-state index in [9.17, 15) is 0 Å². The summed E-state index contributed by atoms with van der Waals surface area (Å²) < 4.78 is 0. The molecule has 0 spiro atoms. The van der Waals surface area contributed by atoms with Crippen molar-refractivity contribution in [3.8, 4) is 0 Å². The molecular formula is C13H22N2. The largest absolute Gasteiger partial charge is 0.324 e. The zero-order valence-corrected chi connectivity index (χ0v) is 9.65. The average molecular weight is 206 g/mol. The number of nitrogens with two attached hydrogens (primary N) is 1. The number of hydrogen-bond donors (Lipinski definition) is 1. The van der Waals surface area contributed by atoms with Gasteiger partial charge < -0.3 is 5.73 Å². The quantitative estimate of drug-likeness (QED) is 0.694. The van der Waals surface area contributed by atoms with Crippen LogP contribution in [0.3, 0.4) is 0 Å². The molecule has 0 aliphatic carbocycles. The van der Waals surface area contributed by atoms with E-state index in [0.717, 1.165) is 12.0 Å². The molecule has 0 fully saturated rings. The molecule has 2 heteroatoms. The highest BCUT2D eigenvalue weighted by molar-refractivity contribution is 5.12. The van der Waals surface area contributed by atoms with Gasteiger partial charge in [0, 0.05) is 18.4 Å². The van der Waals surface area contributed by atoms with Gasteiger partial charge in [0.25, 0.3) is 0 Å². The Labute approximate surface area is 92.9 Å². The van der Waals surface area contributed by atoms with Gasteiger partial charge in [-0.05, 0) is 18.1 Å². The lowest BCUT2D eigenvalue weighted by Gasteiger charge is -2.10. The first-order valence-electron chi connectivity index (χ1n) is 6.00. The fraction of sp³-hybridized carbons (Fsp3) is 0.615. The minimum Gasteiger partial charge on any atom is -0.324 e. The van der Waals surface area contributed by atoms with E-state index in [1.165, 1.54) is 32.1 Å². The molecule has 0 radical (unpaired) electrons. The molecule has 1 rings (SSSR count). The number of hydrogen-bond acceptors (Lipinski definition) is 2. The second-order valence-corrected chi connectivity index (χ2v) is 4.10. The second-order valence-electron chi connectivity index (χ2n) is 4.10. The van der Waals surface area contributed by atoms with E-state index >= 15 is 0 Å². The Morgan fingerprint density at radius 1 is 1.27 bits per heavy atom. The van der Waals surface area contributed by atoms with Crippen LogP contribution in [0.15, 0.2) is 24.5 Å². The minimum atomic E-state index is 0.167. The van der Waals surface area contributed by atoms with Crippen LogP contribution in [-0.2, 0) is 0 Å². The number of rotatable bonds is 7. The second kappa shape index (κ2) is 7.41. The van der Waals surface area contributed by atoms with Gasteiger partial charge >= 0.3 is 0 Å². The molecule has 0 saturated heterocycles. The van der Waals surface area contributed by atoms with Crippen LogP contribution in [0, 0.1) is 0 Å². The SMILES string of the molecule is CCCCCCC[C@@H](N)c1cccnc1. The van der Waals surface area contributed by atoms with Gasteiger partial charge in [-0.25, -0.2) is 0 Å². The average Bonchev–Trinajstić information content (AvgIpc) is 2.30. The fourth-order valence-electron chi connectivity index (χ4n) is 1.73. The van der Waals surface area contributed by atoms with Crippen LogP contribution in [0.2, 0.25) is 0 Å². The summed E-state index contributed by atoms with van der Waals surface area (Å²) in [4.78, 5) is 4.08. The number of unbranched alkanes of at least 4 members (excludes halogenated alkanes) is 4. The molecule has 0 aromatic carbocycles. The van der Waals surface area contributed by atoms with Crippen LogP contribution in [0.4, 0.5) is 0 Å². The number of nitrogens with zero attached hydrogens (tertiary/aromatic N) is 1. The molecule has 2 nitrogen and oxygen atoms in total. The number of pyridine rings is 1. The molecule has 0 aliphatic rings. The molecular weight excluding hydrogens is 184 g/mol. The van der Waals surface area contributed by atoms with Gasteiger partial charge in [0.15, 0.2) is 0 Å². The maximum absolute atomic E-state index is 6.07. The predicted molar refractivity (Wildman–Crippen MR) is 64.5 cm³/mol. The monoisotopic (exact) mass is 206 g/mol. The molecule has 1 atom stereocenters. The van der Waals surface area contributed by atoms with Crippen LogP contribution in [0.25, 0.3) is 0 Å². The Bertz CT molecular complexity index is 246. The highest BCUT2D eigenvalue weighted by Gasteiger charge is 2.04. The van der Waals surface area contributed by atoms with Crippen molar-refractivity contribution in [2.24, 2.45) is 5.73 Å². The molecule has 84 valence electrons. The van der Waals surface area contributed by atoms with Gasteiger partial charge in [-0.3, -0.25) is 4.98 Å². The third-order valence-corrected chi connectivity index (χ3v) is 2.73. The first-order chi connectivity index (χ1) is 7.34. The summed E-state index contributed by atoms with van der Waals surface area (Å²) in [5.74, 6) is 0. The summed E-state index contributed by atoms with van der Waals surface area (Å²) >= 11 is 0. The van der Waals surface area contributed by atoms with E-state index in [0.29, 0.717) is 0 Å². The standard InChI is InChI=1S/C13H22N2/c1-2-3-4-5-6-9-13(14)12-8-7-10-15-11-12/h7-8,10-11,13H,2-6,9,14H2,1H3/t13-/m1/s1. The van der Waals surface area contributed by atoms with Crippen molar-refractivity contribution in [3.63, 3.8) is 0 Å². The molecule has 1 aromatic rings. The Kier molecular flexibility index (Phi) is 6.02. The van der Waals surface area contributed by atoms with Crippen molar-refractivity contribution >= 4 is 0 Å². The van der Waals surface area contributed by atoms with Crippen LogP contribution in [-0.4, -0.2) is 4.98 Å². The summed E-state index contributed by atoms with van der Waals surface area (Å²) in [5.41, 5.74) is 7.23. The highest BCUT2D eigenvalue weighted by Crippen LogP contribution is 2.16. The van der Waals surface area contributed by atoms with E-state index in [2.05, 4.69) is 18.0 Å². The lowest BCUT2D eigenvalue weighted by molar-refractivity contribution is 0.554. The summed E-state index contributed by atoms with van der Waals surface area (Å²) in [6.07, 6.45) is 11.3. The van der Waals surface area contributed by atoms with Crippen LogP contribution in [0.5, 0.6) is 0 Å². The van der Waals surface area contributed by atoms with Gasteiger partial charge in [-0.1, -0.05) is 45.1 Å². The molecule has 1 heterocycles. The molecule has 0 unspecified atom stereocenters. The van der Waals surface area contributed by atoms with Gasteiger partial charge in [0.05, 0.1) is 0 Å². The van der Waals surface area contributed by atoms with Gasteiger partial charge in [0.2, 0.25) is 0 Å². The molecule has 0 aliphatic heterocycles. The van der Waals surface area contributed by atoms with E-state index in [-0.39, 0.29) is 6.04 Å². The van der Waals surface area contributed by atoms with Crippen molar-refractivity contribution in [3.05, 3.63) is 30.1 Å². The van der Waals surface area contributed by atoms with E-state index < -0.39 is 0 Å². The molecule has 1 aromatic heterocycles. The van der Waals surface area contributed by atoms with Gasteiger partial charge in [0.1, 0.15) is 0 Å². The smallest absolute Gasteiger partial charge is 0.0315 e. The minimum absolute atomic E-state index is 0.167. The molecule has 15 heavy (non-hydrogen) atoms. The van der Waals surface area contributed by atoms with Crippen molar-refractivity contribution in [1.29, 1.82) is 0 Å². The zero-order chi connectivity index (χ0) is 10.9. The van der Waals surface area contributed by atoms with Gasteiger partial charge in [-0.2, -0.15) is 0 Å². The van der Waals surface area contributed by atoms with Crippen LogP contribution < -0.4 is 5.73 Å². The predicted octanol–water partition coefficient (Wildman–Crippen LogP) is 3.44. The Balaban J connectivity index is 2.16. The molecule has 0 amide bonds. The fourth-order valence-corrected chi connectivity index (χ4v) is 1.73. The third-order valence-electron chi connectivity index (χ3n) is 2.73. The Hall–Kier alpha value is -0.890.